The highest BCUT2D eigenvalue weighted by Gasteiger charge is 2.12. The molecule has 7 heteroatoms. The third-order valence-electron chi connectivity index (χ3n) is 4.39. The van der Waals surface area contributed by atoms with Gasteiger partial charge in [0, 0.05) is 10.7 Å². The third kappa shape index (κ3) is 3.72. The summed E-state index contributed by atoms with van der Waals surface area (Å²) in [6.07, 6.45) is 0.982. The van der Waals surface area contributed by atoms with Crippen LogP contribution in [0.5, 0.6) is 0 Å². The van der Waals surface area contributed by atoms with Crippen LogP contribution in [0.2, 0.25) is 10.0 Å². The van der Waals surface area contributed by atoms with E-state index in [1.54, 1.807) is 29.1 Å². The van der Waals surface area contributed by atoms with Gasteiger partial charge in [-0.15, -0.1) is 10.2 Å². The topological polar surface area (TPSA) is 59.8 Å². The number of fused-ring (bicyclic) bond motifs is 1. The monoisotopic (exact) mass is 410 g/mol. The van der Waals surface area contributed by atoms with Crippen molar-refractivity contribution in [3.63, 3.8) is 0 Å². The zero-order valence-electron chi connectivity index (χ0n) is 15.0. The van der Waals surface area contributed by atoms with Crippen molar-refractivity contribution >= 4 is 45.8 Å². The number of carbonyl (C=O) groups excluding carboxylic acids is 1. The summed E-state index contributed by atoms with van der Waals surface area (Å²) in [7, 11) is 0. The van der Waals surface area contributed by atoms with Gasteiger partial charge in [-0.05, 0) is 60.5 Å². The van der Waals surface area contributed by atoms with E-state index in [2.05, 4.69) is 34.6 Å². The van der Waals surface area contributed by atoms with E-state index >= 15 is 0 Å². The number of carbonyl (C=O) groups is 1. The predicted molar refractivity (Wildman–Crippen MR) is 113 cm³/mol. The molecule has 4 rings (SSSR count). The van der Waals surface area contributed by atoms with Gasteiger partial charge in [0.25, 0.3) is 5.91 Å². The first-order valence-corrected chi connectivity index (χ1v) is 9.52. The molecule has 1 aromatic heterocycles. The van der Waals surface area contributed by atoms with Crippen LogP contribution in [-0.4, -0.2) is 20.9 Å². The van der Waals surface area contributed by atoms with Crippen LogP contribution in [0, 0.1) is 0 Å². The highest BCUT2D eigenvalue weighted by molar-refractivity contribution is 6.37. The zero-order valence-corrected chi connectivity index (χ0v) is 16.5. The van der Waals surface area contributed by atoms with Gasteiger partial charge in [-0.1, -0.05) is 42.3 Å². The van der Waals surface area contributed by atoms with Crippen molar-refractivity contribution < 1.29 is 4.79 Å². The Kier molecular flexibility index (Phi) is 5.03. The van der Waals surface area contributed by atoms with Gasteiger partial charge < -0.3 is 5.32 Å². The molecule has 0 unspecified atom stereocenters. The van der Waals surface area contributed by atoms with E-state index in [9.17, 15) is 4.79 Å². The third-order valence-corrected chi connectivity index (χ3v) is 4.94. The lowest BCUT2D eigenvalue weighted by atomic mass is 10.2. The highest BCUT2D eigenvalue weighted by atomic mass is 35.5. The normalized spacial score (nSPS) is 11.0. The molecule has 28 heavy (non-hydrogen) atoms. The van der Waals surface area contributed by atoms with E-state index in [4.69, 9.17) is 23.2 Å². The SMILES string of the molecule is CCc1ccc(-n2nc3ccc(NC(=O)c4ccc(Cl)cc4Cl)cc3n2)cc1. The molecule has 0 fully saturated rings. The fraction of sp³-hybridized carbons (Fsp3) is 0.0952. The van der Waals surface area contributed by atoms with E-state index in [0.717, 1.165) is 17.6 Å². The Hall–Kier alpha value is -2.89. The van der Waals surface area contributed by atoms with Crippen molar-refractivity contribution in [1.29, 1.82) is 0 Å². The number of rotatable bonds is 4. The largest absolute Gasteiger partial charge is 0.322 e. The summed E-state index contributed by atoms with van der Waals surface area (Å²) in [5, 5.41) is 12.6. The first kappa shape index (κ1) is 18.5. The van der Waals surface area contributed by atoms with Gasteiger partial charge in [-0.3, -0.25) is 4.79 Å². The molecule has 1 heterocycles. The number of nitrogens with zero attached hydrogens (tertiary/aromatic N) is 3. The highest BCUT2D eigenvalue weighted by Crippen LogP contribution is 2.23. The van der Waals surface area contributed by atoms with Gasteiger partial charge in [0.15, 0.2) is 0 Å². The average molecular weight is 411 g/mol. The number of aryl methyl sites for hydroxylation is 1. The number of aromatic nitrogens is 3. The summed E-state index contributed by atoms with van der Waals surface area (Å²) in [5.74, 6) is -0.316. The van der Waals surface area contributed by atoms with Crippen LogP contribution in [0.4, 0.5) is 5.69 Å². The second kappa shape index (κ2) is 7.62. The number of hydrogen-bond donors (Lipinski definition) is 1. The van der Waals surface area contributed by atoms with Crippen molar-refractivity contribution in [3.05, 3.63) is 81.8 Å². The molecule has 1 N–H and O–H groups in total. The second-order valence-corrected chi connectivity index (χ2v) is 7.13. The molecule has 0 atom stereocenters. The predicted octanol–water partition coefficient (Wildman–Crippen LogP) is 5.54. The average Bonchev–Trinajstić information content (AvgIpc) is 3.11. The second-order valence-electron chi connectivity index (χ2n) is 6.29. The number of hydrogen-bond acceptors (Lipinski definition) is 3. The minimum absolute atomic E-state index is 0.299. The maximum absolute atomic E-state index is 12.5. The molecule has 0 saturated heterocycles. The molecule has 4 aromatic rings. The van der Waals surface area contributed by atoms with Gasteiger partial charge in [0.1, 0.15) is 11.0 Å². The molecule has 1 amide bonds. The lowest BCUT2D eigenvalue weighted by Gasteiger charge is -2.06. The first-order chi connectivity index (χ1) is 13.5. The lowest BCUT2D eigenvalue weighted by Crippen LogP contribution is -2.12. The quantitative estimate of drug-likeness (QED) is 0.480. The van der Waals surface area contributed by atoms with Crippen molar-refractivity contribution in [2.45, 2.75) is 13.3 Å². The summed E-state index contributed by atoms with van der Waals surface area (Å²) in [4.78, 5) is 14.1. The van der Waals surface area contributed by atoms with Gasteiger partial charge in [-0.25, -0.2) is 0 Å². The molecular formula is C21H16Cl2N4O. The molecule has 0 saturated carbocycles. The maximum Gasteiger partial charge on any atom is 0.257 e. The fourth-order valence-electron chi connectivity index (χ4n) is 2.84. The van der Waals surface area contributed by atoms with Crippen LogP contribution in [-0.2, 0) is 6.42 Å². The molecule has 3 aromatic carbocycles. The van der Waals surface area contributed by atoms with Gasteiger partial charge >= 0.3 is 0 Å². The molecule has 0 aliphatic carbocycles. The molecule has 140 valence electrons. The van der Waals surface area contributed by atoms with Gasteiger partial charge in [0.2, 0.25) is 0 Å². The Morgan fingerprint density at radius 2 is 1.71 bits per heavy atom. The molecule has 0 spiro atoms. The maximum atomic E-state index is 12.5. The van der Waals surface area contributed by atoms with Crippen LogP contribution < -0.4 is 5.32 Å². The van der Waals surface area contributed by atoms with Crippen LogP contribution in [0.15, 0.2) is 60.7 Å². The van der Waals surface area contributed by atoms with E-state index < -0.39 is 0 Å². The fourth-order valence-corrected chi connectivity index (χ4v) is 3.34. The van der Waals surface area contributed by atoms with Crippen LogP contribution in [0.3, 0.4) is 0 Å². The summed E-state index contributed by atoms with van der Waals surface area (Å²) < 4.78 is 0. The smallest absolute Gasteiger partial charge is 0.257 e. The van der Waals surface area contributed by atoms with Gasteiger partial charge in [-0.2, -0.15) is 4.80 Å². The molecule has 0 aliphatic rings. The Labute approximate surface area is 171 Å². The standard InChI is InChI=1S/C21H16Cl2N4O/c1-2-13-3-7-16(8-4-13)27-25-19-10-6-15(12-20(19)26-27)24-21(28)17-9-5-14(22)11-18(17)23/h3-12H,2H2,1H3,(H,24,28). The zero-order chi connectivity index (χ0) is 19.7. The summed E-state index contributed by atoms with van der Waals surface area (Å²) in [5.41, 5.74) is 4.52. The summed E-state index contributed by atoms with van der Waals surface area (Å²) in [6.45, 7) is 2.11. The number of nitrogens with one attached hydrogen (secondary N) is 1. The first-order valence-electron chi connectivity index (χ1n) is 8.76. The summed E-state index contributed by atoms with van der Waals surface area (Å²) >= 11 is 12.0. The van der Waals surface area contributed by atoms with Crippen LogP contribution in [0.25, 0.3) is 16.7 Å². The number of halogens is 2. The molecular weight excluding hydrogens is 395 g/mol. The molecule has 5 nitrogen and oxygen atoms in total. The van der Waals surface area contributed by atoms with Crippen molar-refractivity contribution in [2.75, 3.05) is 5.32 Å². The van der Waals surface area contributed by atoms with E-state index in [-0.39, 0.29) is 5.91 Å². The molecule has 0 radical (unpaired) electrons. The van der Waals surface area contributed by atoms with Crippen molar-refractivity contribution in [3.8, 4) is 5.69 Å². The Morgan fingerprint density at radius 1 is 0.964 bits per heavy atom. The van der Waals surface area contributed by atoms with E-state index in [1.807, 2.05) is 18.2 Å². The Morgan fingerprint density at radius 3 is 2.43 bits per heavy atom. The minimum atomic E-state index is -0.316. The summed E-state index contributed by atoms with van der Waals surface area (Å²) in [6, 6.07) is 18.2. The number of anilines is 1. The minimum Gasteiger partial charge on any atom is -0.322 e. The Bertz CT molecular complexity index is 1170. The Balaban J connectivity index is 1.59. The van der Waals surface area contributed by atoms with Gasteiger partial charge in [0.05, 0.1) is 16.3 Å². The van der Waals surface area contributed by atoms with Crippen molar-refractivity contribution in [1.82, 2.24) is 15.0 Å². The molecule has 0 bridgehead atoms. The van der Waals surface area contributed by atoms with Crippen LogP contribution in [0.1, 0.15) is 22.8 Å². The number of amides is 1. The van der Waals surface area contributed by atoms with E-state index in [1.165, 1.54) is 11.6 Å². The number of benzene rings is 3. The van der Waals surface area contributed by atoms with E-state index in [0.29, 0.717) is 26.8 Å². The van der Waals surface area contributed by atoms with Crippen molar-refractivity contribution in [2.24, 2.45) is 0 Å². The van der Waals surface area contributed by atoms with Crippen LogP contribution >= 0.6 is 23.2 Å². The lowest BCUT2D eigenvalue weighted by molar-refractivity contribution is 0.102. The molecule has 0 aliphatic heterocycles.